The van der Waals surface area contributed by atoms with Crippen molar-refractivity contribution in [3.8, 4) is 11.8 Å². The van der Waals surface area contributed by atoms with Crippen LogP contribution in [0.5, 0.6) is 5.75 Å². The first-order valence-corrected chi connectivity index (χ1v) is 4.18. The molecule has 0 aliphatic rings. The van der Waals surface area contributed by atoms with Gasteiger partial charge in [0.15, 0.2) is 0 Å². The minimum atomic E-state index is -0.643. The lowest BCUT2D eigenvalue weighted by Gasteiger charge is -2.13. The predicted octanol–water partition coefficient (Wildman–Crippen LogP) is 1.75. The quantitative estimate of drug-likeness (QED) is 0.753. The molecule has 0 radical (unpaired) electrons. The fourth-order valence-electron chi connectivity index (χ4n) is 1.36. The monoisotopic (exact) mass is 194 g/mol. The Morgan fingerprint density at radius 3 is 2.86 bits per heavy atom. The number of nitrogens with two attached hydrogens (primary N) is 1. The molecule has 0 amide bonds. The third kappa shape index (κ3) is 1.83. The van der Waals surface area contributed by atoms with E-state index in [-0.39, 0.29) is 12.2 Å². The Kier molecular flexibility index (Phi) is 3.05. The number of hydrogen-bond donors (Lipinski definition) is 2. The van der Waals surface area contributed by atoms with Crippen LogP contribution in [0.15, 0.2) is 12.1 Å². The number of aromatic hydroxyl groups is 1. The summed E-state index contributed by atoms with van der Waals surface area (Å²) in [5.74, 6) is -0.488. The number of benzene rings is 1. The van der Waals surface area contributed by atoms with E-state index in [9.17, 15) is 9.50 Å². The van der Waals surface area contributed by atoms with Crippen LogP contribution in [0.1, 0.15) is 23.6 Å². The Morgan fingerprint density at radius 1 is 1.64 bits per heavy atom. The van der Waals surface area contributed by atoms with Gasteiger partial charge in [-0.3, -0.25) is 0 Å². The van der Waals surface area contributed by atoms with Crippen molar-refractivity contribution in [3.63, 3.8) is 0 Å². The smallest absolute Gasteiger partial charge is 0.126 e. The molecule has 0 bridgehead atoms. The molecule has 4 heteroatoms. The third-order valence-corrected chi connectivity index (χ3v) is 2.11. The summed E-state index contributed by atoms with van der Waals surface area (Å²) in [7, 11) is 0. The summed E-state index contributed by atoms with van der Waals surface area (Å²) in [6.45, 7) is 1.53. The Labute approximate surface area is 81.6 Å². The van der Waals surface area contributed by atoms with Crippen LogP contribution >= 0.6 is 0 Å². The number of nitriles is 1. The molecule has 14 heavy (non-hydrogen) atoms. The van der Waals surface area contributed by atoms with Crippen molar-refractivity contribution in [2.24, 2.45) is 5.73 Å². The molecule has 0 aromatic heterocycles. The van der Waals surface area contributed by atoms with E-state index in [0.717, 1.165) is 0 Å². The van der Waals surface area contributed by atoms with Crippen LogP contribution in [-0.2, 0) is 0 Å². The number of phenols is 1. The average Bonchev–Trinajstić information content (AvgIpc) is 2.13. The van der Waals surface area contributed by atoms with Gasteiger partial charge in [0.25, 0.3) is 0 Å². The van der Waals surface area contributed by atoms with Crippen LogP contribution in [0.2, 0.25) is 0 Å². The Bertz CT molecular complexity index is 384. The molecule has 0 aliphatic heterocycles. The molecule has 0 saturated carbocycles. The summed E-state index contributed by atoms with van der Waals surface area (Å²) in [6, 6.07) is 3.66. The van der Waals surface area contributed by atoms with Crippen molar-refractivity contribution in [1.29, 1.82) is 5.26 Å². The topological polar surface area (TPSA) is 70.0 Å². The second kappa shape index (κ2) is 4.07. The van der Waals surface area contributed by atoms with Gasteiger partial charge in [0.1, 0.15) is 11.6 Å². The van der Waals surface area contributed by atoms with Crippen LogP contribution in [0, 0.1) is 24.1 Å². The molecule has 3 nitrogen and oxygen atoms in total. The number of nitrogens with zero attached hydrogens (tertiary/aromatic N) is 1. The zero-order chi connectivity index (χ0) is 10.7. The molecule has 0 heterocycles. The van der Waals surface area contributed by atoms with E-state index in [1.807, 2.05) is 6.07 Å². The molecular weight excluding hydrogens is 183 g/mol. The molecule has 0 aliphatic carbocycles. The summed E-state index contributed by atoms with van der Waals surface area (Å²) in [6.07, 6.45) is 0.0534. The van der Waals surface area contributed by atoms with Crippen molar-refractivity contribution in [3.05, 3.63) is 29.1 Å². The number of halogens is 1. The van der Waals surface area contributed by atoms with Gasteiger partial charge in [-0.1, -0.05) is 0 Å². The molecule has 3 N–H and O–H groups in total. The first-order chi connectivity index (χ1) is 6.57. The lowest BCUT2D eigenvalue weighted by molar-refractivity contribution is 0.457. The molecular formula is C10H11FN2O. The maximum atomic E-state index is 13.1. The maximum absolute atomic E-state index is 13.1. The third-order valence-electron chi connectivity index (χ3n) is 2.11. The van der Waals surface area contributed by atoms with Gasteiger partial charge < -0.3 is 10.8 Å². The van der Waals surface area contributed by atoms with Gasteiger partial charge in [0.2, 0.25) is 0 Å². The number of phenolic OH excluding ortho intramolecular Hbond substituents is 1. The summed E-state index contributed by atoms with van der Waals surface area (Å²) in [5.41, 5.74) is 6.24. The fourth-order valence-corrected chi connectivity index (χ4v) is 1.36. The molecule has 1 unspecified atom stereocenters. The predicted molar refractivity (Wildman–Crippen MR) is 50.0 cm³/mol. The first-order valence-electron chi connectivity index (χ1n) is 4.18. The number of rotatable bonds is 2. The summed E-state index contributed by atoms with van der Waals surface area (Å²) < 4.78 is 13.1. The van der Waals surface area contributed by atoms with Gasteiger partial charge >= 0.3 is 0 Å². The van der Waals surface area contributed by atoms with Gasteiger partial charge in [0.05, 0.1) is 12.5 Å². The highest BCUT2D eigenvalue weighted by Gasteiger charge is 2.15. The summed E-state index contributed by atoms with van der Waals surface area (Å²) >= 11 is 0. The SMILES string of the molecule is Cc1c(F)ccc(O)c1C(N)CC#N. The van der Waals surface area contributed by atoms with Crippen LogP contribution in [0.3, 0.4) is 0 Å². The first kappa shape index (κ1) is 10.5. The highest BCUT2D eigenvalue weighted by molar-refractivity contribution is 5.41. The van der Waals surface area contributed by atoms with Gasteiger partial charge in [-0.2, -0.15) is 5.26 Å². The van der Waals surface area contributed by atoms with Gasteiger partial charge in [0, 0.05) is 11.6 Å². The lowest BCUT2D eigenvalue weighted by Crippen LogP contribution is -2.12. The second-order valence-electron chi connectivity index (χ2n) is 3.07. The van der Waals surface area contributed by atoms with Crippen LogP contribution in [0.4, 0.5) is 4.39 Å². The van der Waals surface area contributed by atoms with Crippen LogP contribution < -0.4 is 5.73 Å². The van der Waals surface area contributed by atoms with Crippen molar-refractivity contribution in [2.45, 2.75) is 19.4 Å². The van der Waals surface area contributed by atoms with E-state index in [2.05, 4.69) is 0 Å². The minimum Gasteiger partial charge on any atom is -0.508 e. The van der Waals surface area contributed by atoms with Crippen LogP contribution in [-0.4, -0.2) is 5.11 Å². The zero-order valence-corrected chi connectivity index (χ0v) is 7.79. The fraction of sp³-hybridized carbons (Fsp3) is 0.300. The van der Waals surface area contributed by atoms with Gasteiger partial charge in [-0.25, -0.2) is 4.39 Å². The highest BCUT2D eigenvalue weighted by Crippen LogP contribution is 2.29. The Balaban J connectivity index is 3.19. The second-order valence-corrected chi connectivity index (χ2v) is 3.07. The number of hydrogen-bond acceptors (Lipinski definition) is 3. The highest BCUT2D eigenvalue weighted by atomic mass is 19.1. The molecule has 0 fully saturated rings. The Morgan fingerprint density at radius 2 is 2.29 bits per heavy atom. The van der Waals surface area contributed by atoms with Gasteiger partial charge in [-0.05, 0) is 24.6 Å². The standard InChI is InChI=1S/C10H11FN2O/c1-6-7(11)2-3-9(14)10(6)8(13)4-5-12/h2-3,8,14H,4,13H2,1H3. The largest absolute Gasteiger partial charge is 0.508 e. The summed E-state index contributed by atoms with van der Waals surface area (Å²) in [5, 5.41) is 17.9. The van der Waals surface area contributed by atoms with Crippen molar-refractivity contribution < 1.29 is 9.50 Å². The minimum absolute atomic E-state index is 0.0534. The Hall–Kier alpha value is -1.60. The maximum Gasteiger partial charge on any atom is 0.126 e. The zero-order valence-electron chi connectivity index (χ0n) is 7.79. The van der Waals surface area contributed by atoms with E-state index >= 15 is 0 Å². The molecule has 74 valence electrons. The van der Waals surface area contributed by atoms with E-state index in [0.29, 0.717) is 11.1 Å². The van der Waals surface area contributed by atoms with E-state index in [4.69, 9.17) is 11.0 Å². The van der Waals surface area contributed by atoms with E-state index < -0.39 is 11.9 Å². The van der Waals surface area contributed by atoms with E-state index in [1.165, 1.54) is 19.1 Å². The normalized spacial score (nSPS) is 12.1. The molecule has 1 aromatic rings. The average molecular weight is 194 g/mol. The van der Waals surface area contributed by atoms with Gasteiger partial charge in [-0.15, -0.1) is 0 Å². The molecule has 1 atom stereocenters. The van der Waals surface area contributed by atoms with Crippen molar-refractivity contribution >= 4 is 0 Å². The molecule has 0 saturated heterocycles. The molecule has 1 aromatic carbocycles. The van der Waals surface area contributed by atoms with E-state index in [1.54, 1.807) is 0 Å². The van der Waals surface area contributed by atoms with Crippen molar-refractivity contribution in [2.75, 3.05) is 0 Å². The lowest BCUT2D eigenvalue weighted by atomic mass is 9.98. The van der Waals surface area contributed by atoms with Crippen LogP contribution in [0.25, 0.3) is 0 Å². The molecule has 0 spiro atoms. The summed E-state index contributed by atoms with van der Waals surface area (Å²) in [4.78, 5) is 0. The molecule has 1 rings (SSSR count). The van der Waals surface area contributed by atoms with Crippen molar-refractivity contribution in [1.82, 2.24) is 0 Å².